The van der Waals surface area contributed by atoms with Gasteiger partial charge in [0.25, 0.3) is 0 Å². The Hall–Kier alpha value is -2.29. The molecule has 2 atom stereocenters. The monoisotopic (exact) mass is 584 g/mol. The van der Waals surface area contributed by atoms with Crippen LogP contribution in [0.5, 0.6) is 0 Å². The maximum absolute atomic E-state index is 12.3. The summed E-state index contributed by atoms with van der Waals surface area (Å²) in [4.78, 5) is 34.0. The van der Waals surface area contributed by atoms with Crippen LogP contribution in [0.1, 0.15) is 65.2 Å². The van der Waals surface area contributed by atoms with E-state index in [0.717, 1.165) is 25.7 Å². The van der Waals surface area contributed by atoms with Gasteiger partial charge in [0.05, 0.1) is 34.2 Å². The lowest BCUT2D eigenvalue weighted by Crippen LogP contribution is -2.37. The van der Waals surface area contributed by atoms with E-state index in [-0.39, 0.29) is 26.1 Å². The largest absolute Gasteiger partial charge is 0.472 e. The third-order valence-electron chi connectivity index (χ3n) is 5.06. The second-order valence-corrected chi connectivity index (χ2v) is 11.5. The summed E-state index contributed by atoms with van der Waals surface area (Å²) in [7, 11) is 1.40. The molecule has 1 N–H and O–H groups in total. The molecule has 0 saturated heterocycles. The molecule has 0 aliphatic rings. The predicted molar refractivity (Wildman–Crippen MR) is 159 cm³/mol. The lowest BCUT2D eigenvalue weighted by Gasteiger charge is -2.24. The lowest BCUT2D eigenvalue weighted by atomic mass is 10.2. The van der Waals surface area contributed by atoms with Crippen LogP contribution in [0, 0.1) is 0 Å². The van der Waals surface area contributed by atoms with E-state index in [1.807, 2.05) is 40.2 Å². The molecule has 0 heterocycles. The molecule has 10 heteroatoms. The highest BCUT2D eigenvalue weighted by molar-refractivity contribution is 7.47. The summed E-state index contributed by atoms with van der Waals surface area (Å²) >= 11 is 0. The normalized spacial score (nSPS) is 15.1. The van der Waals surface area contributed by atoms with Crippen molar-refractivity contribution in [1.82, 2.24) is 0 Å². The second-order valence-electron chi connectivity index (χ2n) is 10.1. The molecule has 0 aliphatic heterocycles. The maximum atomic E-state index is 12.3. The molecule has 0 aliphatic carbocycles. The van der Waals surface area contributed by atoms with E-state index in [2.05, 4.69) is 49.5 Å². The van der Waals surface area contributed by atoms with Gasteiger partial charge in [-0.05, 0) is 38.5 Å². The highest BCUT2D eigenvalue weighted by atomic mass is 31.2. The highest BCUT2D eigenvalue weighted by Gasteiger charge is 2.26. The molecule has 228 valence electrons. The van der Waals surface area contributed by atoms with Gasteiger partial charge in [0.1, 0.15) is 19.8 Å². The molecule has 0 aromatic carbocycles. The van der Waals surface area contributed by atoms with Gasteiger partial charge in [-0.25, -0.2) is 4.57 Å². The van der Waals surface area contributed by atoms with Crippen molar-refractivity contribution in [3.8, 4) is 0 Å². The standard InChI is InChI=1S/C30H50NO8P/c1-6-8-9-10-11-12-13-14-15-16-17-18-19-20-21-23-30(33)39-28(26-36-29(32)22-7-2)27-38-40(34,35)37-25-24-31(3,4)5/h8-9,11-12,14-15,17-18,20-21,28H,6-7,10,13,16,19,22-27H2,1-5H3/p+1/b9-8-,12-11-,15-14-,18-17-,21-20-. The van der Waals surface area contributed by atoms with E-state index >= 15 is 0 Å². The number of phosphoric acid groups is 1. The van der Waals surface area contributed by atoms with Gasteiger partial charge in [0.15, 0.2) is 6.10 Å². The van der Waals surface area contributed by atoms with Crippen LogP contribution in [0.4, 0.5) is 0 Å². The van der Waals surface area contributed by atoms with Crippen LogP contribution in [0.25, 0.3) is 0 Å². The molecule has 0 radical (unpaired) electrons. The average molecular weight is 585 g/mol. The van der Waals surface area contributed by atoms with Crippen molar-refractivity contribution in [3.63, 3.8) is 0 Å². The Morgan fingerprint density at radius 3 is 1.80 bits per heavy atom. The molecule has 0 fully saturated rings. The van der Waals surface area contributed by atoms with Gasteiger partial charge in [-0.1, -0.05) is 74.6 Å². The van der Waals surface area contributed by atoms with E-state index in [9.17, 15) is 19.0 Å². The number of allylic oxidation sites excluding steroid dienone is 9. The first-order valence-electron chi connectivity index (χ1n) is 14.0. The van der Waals surface area contributed by atoms with Crippen molar-refractivity contribution in [1.29, 1.82) is 0 Å². The van der Waals surface area contributed by atoms with Gasteiger partial charge < -0.3 is 18.9 Å². The average Bonchev–Trinajstić information content (AvgIpc) is 2.87. The van der Waals surface area contributed by atoms with Gasteiger partial charge in [-0.15, -0.1) is 0 Å². The lowest BCUT2D eigenvalue weighted by molar-refractivity contribution is -0.870. The fraction of sp³-hybridized carbons (Fsp3) is 0.600. The van der Waals surface area contributed by atoms with Gasteiger partial charge in [0, 0.05) is 6.42 Å². The first-order chi connectivity index (χ1) is 19.0. The predicted octanol–water partition coefficient (Wildman–Crippen LogP) is 6.22. The molecule has 9 nitrogen and oxygen atoms in total. The summed E-state index contributed by atoms with van der Waals surface area (Å²) in [5, 5.41) is 0. The van der Waals surface area contributed by atoms with Crippen LogP contribution in [-0.4, -0.2) is 74.9 Å². The van der Waals surface area contributed by atoms with Crippen molar-refractivity contribution >= 4 is 19.8 Å². The second kappa shape index (κ2) is 23.4. The van der Waals surface area contributed by atoms with Crippen molar-refractivity contribution < 1.29 is 42.1 Å². The van der Waals surface area contributed by atoms with Gasteiger partial charge in [-0.3, -0.25) is 18.6 Å². The minimum Gasteiger partial charge on any atom is -0.462 e. The number of carbonyl (C=O) groups excluding carboxylic acids is 2. The molecule has 0 rings (SSSR count). The van der Waals surface area contributed by atoms with E-state index in [1.54, 1.807) is 6.08 Å². The van der Waals surface area contributed by atoms with Crippen molar-refractivity contribution in [2.45, 2.75) is 71.3 Å². The summed E-state index contributed by atoms with van der Waals surface area (Å²) in [6.45, 7) is 3.73. The number of quaternary nitrogens is 1. The Bertz CT molecular complexity index is 887. The Balaban J connectivity index is 4.51. The first kappa shape index (κ1) is 37.7. The number of phosphoric ester groups is 1. The fourth-order valence-corrected chi connectivity index (χ4v) is 3.63. The zero-order valence-corrected chi connectivity index (χ0v) is 25.9. The van der Waals surface area contributed by atoms with Crippen molar-refractivity contribution in [2.75, 3.05) is 47.5 Å². The molecular formula is C30H51NO8P+. The molecule has 2 unspecified atom stereocenters. The smallest absolute Gasteiger partial charge is 0.462 e. The van der Waals surface area contributed by atoms with Crippen LogP contribution in [0.15, 0.2) is 60.8 Å². The van der Waals surface area contributed by atoms with Crippen LogP contribution in [0.3, 0.4) is 0 Å². The fourth-order valence-electron chi connectivity index (χ4n) is 2.89. The minimum absolute atomic E-state index is 0.00368. The van der Waals surface area contributed by atoms with Crippen molar-refractivity contribution in [3.05, 3.63) is 60.8 Å². The number of nitrogens with zero attached hydrogens (tertiary/aromatic N) is 1. The molecule has 0 bridgehead atoms. The summed E-state index contributed by atoms with van der Waals surface area (Å²) < 4.78 is 33.2. The summed E-state index contributed by atoms with van der Waals surface area (Å²) in [5.74, 6) is -1.02. The van der Waals surface area contributed by atoms with E-state index in [0.29, 0.717) is 23.9 Å². The number of likely N-dealkylation sites (N-methyl/N-ethyl adjacent to an activating group) is 1. The minimum atomic E-state index is -4.36. The van der Waals surface area contributed by atoms with Crippen LogP contribution < -0.4 is 0 Å². The molecule has 0 spiro atoms. The van der Waals surface area contributed by atoms with E-state index < -0.39 is 32.5 Å². The van der Waals surface area contributed by atoms with Crippen LogP contribution in [0.2, 0.25) is 0 Å². The topological polar surface area (TPSA) is 108 Å². The Morgan fingerprint density at radius 1 is 0.775 bits per heavy atom. The quantitative estimate of drug-likeness (QED) is 0.0653. The molecular weight excluding hydrogens is 533 g/mol. The number of ether oxygens (including phenoxy) is 2. The summed E-state index contributed by atoms with van der Waals surface area (Å²) in [6, 6.07) is 0. The molecule has 0 saturated carbocycles. The van der Waals surface area contributed by atoms with Crippen LogP contribution in [-0.2, 0) is 32.7 Å². The molecule has 0 aromatic rings. The van der Waals surface area contributed by atoms with Crippen LogP contribution >= 0.6 is 7.82 Å². The molecule has 0 amide bonds. The van der Waals surface area contributed by atoms with Gasteiger partial charge in [-0.2, -0.15) is 0 Å². The Kier molecular flexibility index (Phi) is 22.1. The number of hydrogen-bond acceptors (Lipinski definition) is 7. The zero-order chi connectivity index (χ0) is 30.1. The Morgan fingerprint density at radius 2 is 1.30 bits per heavy atom. The molecule has 0 aromatic heterocycles. The Labute approximate surface area is 241 Å². The number of esters is 2. The summed E-state index contributed by atoms with van der Waals surface area (Å²) in [5.41, 5.74) is 0. The maximum Gasteiger partial charge on any atom is 0.472 e. The number of hydrogen-bond donors (Lipinski definition) is 1. The highest BCUT2D eigenvalue weighted by Crippen LogP contribution is 2.43. The third-order valence-corrected chi connectivity index (χ3v) is 6.05. The van der Waals surface area contributed by atoms with E-state index in [4.69, 9.17) is 18.5 Å². The SMILES string of the molecule is CC/C=C\C/C=C\C/C=C\C/C=C\C/C=C\CC(=O)OC(COC(=O)CCC)COP(=O)(O)OCC[N+](C)(C)C. The van der Waals surface area contributed by atoms with E-state index in [1.165, 1.54) is 0 Å². The summed E-state index contributed by atoms with van der Waals surface area (Å²) in [6.07, 6.45) is 24.7. The van der Waals surface area contributed by atoms with Gasteiger partial charge in [0.2, 0.25) is 0 Å². The first-order valence-corrected chi connectivity index (χ1v) is 15.5. The zero-order valence-electron chi connectivity index (χ0n) is 25.0. The third kappa shape index (κ3) is 26.0. The number of carbonyl (C=O) groups is 2. The molecule has 40 heavy (non-hydrogen) atoms. The number of rotatable bonds is 23. The van der Waals surface area contributed by atoms with Gasteiger partial charge >= 0.3 is 19.8 Å². The van der Waals surface area contributed by atoms with Crippen molar-refractivity contribution in [2.24, 2.45) is 0 Å².